The first-order chi connectivity index (χ1) is 18.4. The Kier molecular flexibility index (Phi) is 6.33. The van der Waals surface area contributed by atoms with Gasteiger partial charge in [-0.05, 0) is 66.9 Å². The van der Waals surface area contributed by atoms with E-state index in [2.05, 4.69) is 14.6 Å². The Morgan fingerprint density at radius 1 is 0.921 bits per heavy atom. The van der Waals surface area contributed by atoms with Crippen LogP contribution < -0.4 is 4.72 Å². The number of carbonyl (C=O) groups excluding carboxylic acids is 1. The monoisotopic (exact) mass is 530 g/mol. The van der Waals surface area contributed by atoms with Crippen LogP contribution in [0.2, 0.25) is 0 Å². The summed E-state index contributed by atoms with van der Waals surface area (Å²) in [5.74, 6) is -0.299. The van der Waals surface area contributed by atoms with Crippen molar-refractivity contribution >= 4 is 32.5 Å². The third kappa shape index (κ3) is 4.75. The van der Waals surface area contributed by atoms with Gasteiger partial charge in [-0.25, -0.2) is 12.8 Å². The van der Waals surface area contributed by atoms with E-state index in [0.29, 0.717) is 29.9 Å². The number of likely N-dealkylation sites (tertiary alicyclic amines) is 1. The molecule has 2 bridgehead atoms. The number of aromatic nitrogens is 1. The summed E-state index contributed by atoms with van der Waals surface area (Å²) in [4.78, 5) is 22.0. The Labute approximate surface area is 221 Å². The van der Waals surface area contributed by atoms with E-state index in [0.717, 1.165) is 30.3 Å². The Morgan fingerprint density at radius 2 is 1.61 bits per heavy atom. The fourth-order valence-electron chi connectivity index (χ4n) is 5.58. The van der Waals surface area contributed by atoms with Crippen LogP contribution in [0, 0.1) is 5.82 Å². The first-order valence-corrected chi connectivity index (χ1v) is 14.1. The molecule has 2 atom stereocenters. The summed E-state index contributed by atoms with van der Waals surface area (Å²) < 4.78 is 42.1. The quantitative estimate of drug-likeness (QED) is 0.392. The van der Waals surface area contributed by atoms with Gasteiger partial charge < -0.3 is 4.90 Å². The number of pyridine rings is 1. The topological polar surface area (TPSA) is 82.6 Å². The summed E-state index contributed by atoms with van der Waals surface area (Å²) in [6.07, 6.45) is 3.62. The Balaban J connectivity index is 1.13. The van der Waals surface area contributed by atoms with Crippen LogP contribution in [0.15, 0.2) is 90.0 Å². The van der Waals surface area contributed by atoms with Gasteiger partial charge in [-0.3, -0.25) is 19.4 Å². The number of fused-ring (bicyclic) bond motifs is 3. The Bertz CT molecular complexity index is 1570. The molecule has 3 heterocycles. The lowest BCUT2D eigenvalue weighted by atomic mass is 10.1. The Morgan fingerprint density at radius 3 is 2.32 bits per heavy atom. The van der Waals surface area contributed by atoms with Crippen LogP contribution in [0.25, 0.3) is 10.9 Å². The van der Waals surface area contributed by atoms with Crippen molar-refractivity contribution in [2.45, 2.75) is 36.4 Å². The molecule has 2 saturated heterocycles. The third-order valence-corrected chi connectivity index (χ3v) is 8.88. The first kappa shape index (κ1) is 24.5. The number of halogens is 1. The highest BCUT2D eigenvalue weighted by atomic mass is 32.2. The van der Waals surface area contributed by atoms with Crippen molar-refractivity contribution < 1.29 is 17.6 Å². The molecule has 1 N–H and O–H groups in total. The lowest BCUT2D eigenvalue weighted by Crippen LogP contribution is -2.54. The second-order valence-corrected chi connectivity index (χ2v) is 11.6. The predicted octanol–water partition coefficient (Wildman–Crippen LogP) is 4.66. The highest BCUT2D eigenvalue weighted by Gasteiger charge is 2.41. The fourth-order valence-corrected chi connectivity index (χ4v) is 6.82. The molecule has 194 valence electrons. The van der Waals surface area contributed by atoms with E-state index >= 15 is 0 Å². The van der Waals surface area contributed by atoms with Crippen LogP contribution >= 0.6 is 0 Å². The summed E-state index contributed by atoms with van der Waals surface area (Å²) in [5.41, 5.74) is 2.37. The number of anilines is 1. The average molecular weight is 531 g/mol. The van der Waals surface area contributed by atoms with Gasteiger partial charge in [0, 0.05) is 54.6 Å². The van der Waals surface area contributed by atoms with Gasteiger partial charge >= 0.3 is 0 Å². The smallest absolute Gasteiger partial charge is 0.264 e. The summed E-state index contributed by atoms with van der Waals surface area (Å²) in [6, 6.07) is 22.3. The maximum atomic E-state index is 13.3. The van der Waals surface area contributed by atoms with Gasteiger partial charge in [0.15, 0.2) is 0 Å². The first-order valence-electron chi connectivity index (χ1n) is 12.6. The maximum Gasteiger partial charge on any atom is 0.264 e. The molecule has 6 rings (SSSR count). The fraction of sp³-hybridized carbons (Fsp3) is 0.241. The minimum atomic E-state index is -3.87. The van der Waals surface area contributed by atoms with Gasteiger partial charge in [0.05, 0.1) is 5.52 Å². The summed E-state index contributed by atoms with van der Waals surface area (Å²) in [5, 5.41) is 0.739. The van der Waals surface area contributed by atoms with Crippen molar-refractivity contribution in [2.75, 3.05) is 17.8 Å². The molecular formula is C29H27FN4O3S. The summed E-state index contributed by atoms with van der Waals surface area (Å²) in [6.45, 7) is 2.02. The van der Waals surface area contributed by atoms with Crippen LogP contribution in [0.4, 0.5) is 10.1 Å². The molecule has 38 heavy (non-hydrogen) atoms. The van der Waals surface area contributed by atoms with Gasteiger partial charge in [0.2, 0.25) is 0 Å². The number of carbonyl (C=O) groups is 1. The number of piperazine rings is 1. The third-order valence-electron chi connectivity index (χ3n) is 7.47. The molecule has 0 radical (unpaired) electrons. The number of rotatable bonds is 6. The van der Waals surface area contributed by atoms with E-state index in [9.17, 15) is 17.6 Å². The highest BCUT2D eigenvalue weighted by molar-refractivity contribution is 7.93. The molecular weight excluding hydrogens is 503 g/mol. The summed E-state index contributed by atoms with van der Waals surface area (Å²) in [7, 11) is -3.87. The van der Waals surface area contributed by atoms with Gasteiger partial charge in [0.1, 0.15) is 10.7 Å². The summed E-state index contributed by atoms with van der Waals surface area (Å²) >= 11 is 0. The maximum absolute atomic E-state index is 13.3. The zero-order valence-corrected chi connectivity index (χ0v) is 21.4. The molecule has 2 aliphatic heterocycles. The van der Waals surface area contributed by atoms with Gasteiger partial charge in [0.25, 0.3) is 15.9 Å². The molecule has 9 heteroatoms. The number of sulfonamides is 1. The second-order valence-electron chi connectivity index (χ2n) is 9.91. The predicted molar refractivity (Wildman–Crippen MR) is 144 cm³/mol. The molecule has 2 aliphatic rings. The lowest BCUT2D eigenvalue weighted by molar-refractivity contribution is 0.0423. The highest BCUT2D eigenvalue weighted by Crippen LogP contribution is 2.32. The molecule has 0 saturated carbocycles. The van der Waals surface area contributed by atoms with Crippen molar-refractivity contribution in [3.8, 4) is 0 Å². The number of para-hydroxylation sites is 1. The number of nitrogens with one attached hydrogen (secondary N) is 1. The minimum absolute atomic E-state index is 0.0593. The Hall–Kier alpha value is -3.82. The molecule has 0 spiro atoms. The minimum Gasteiger partial charge on any atom is -0.336 e. The van der Waals surface area contributed by atoms with Crippen LogP contribution in [0.1, 0.15) is 28.8 Å². The van der Waals surface area contributed by atoms with E-state index in [1.54, 1.807) is 42.6 Å². The lowest BCUT2D eigenvalue weighted by Gasteiger charge is -2.41. The van der Waals surface area contributed by atoms with Gasteiger partial charge in [-0.2, -0.15) is 0 Å². The van der Waals surface area contributed by atoms with Crippen LogP contribution in [-0.2, 0) is 16.6 Å². The van der Waals surface area contributed by atoms with E-state index in [-0.39, 0.29) is 28.7 Å². The standard InChI is InChI=1S/C29H27FN4O3S/c30-23-10-6-20(7-11-23)17-34-25-14-15-26(34)19-33(18-25)29(35)22-8-12-24(13-9-22)32-38(36,37)27-5-1-3-21-4-2-16-31-28(21)27/h1-13,16,25-26,32H,14-15,17-19H2. The number of hydrogen-bond acceptors (Lipinski definition) is 5. The van der Waals surface area contributed by atoms with Crippen LogP contribution in [0.3, 0.4) is 0 Å². The van der Waals surface area contributed by atoms with Crippen LogP contribution in [-0.4, -0.2) is 54.3 Å². The van der Waals surface area contributed by atoms with Crippen molar-refractivity contribution in [3.63, 3.8) is 0 Å². The van der Waals surface area contributed by atoms with E-state index in [4.69, 9.17) is 0 Å². The number of amides is 1. The van der Waals surface area contributed by atoms with Gasteiger partial charge in [-0.1, -0.05) is 30.3 Å². The molecule has 0 aliphatic carbocycles. The zero-order valence-electron chi connectivity index (χ0n) is 20.6. The van der Waals surface area contributed by atoms with Crippen LogP contribution in [0.5, 0.6) is 0 Å². The number of benzene rings is 3. The normalized spacial score (nSPS) is 19.6. The number of hydrogen-bond donors (Lipinski definition) is 1. The second kappa shape index (κ2) is 9.81. The van der Waals surface area contributed by atoms with E-state index in [1.807, 2.05) is 29.2 Å². The SMILES string of the molecule is O=C(c1ccc(NS(=O)(=O)c2cccc3cccnc23)cc1)N1CC2CCC(C1)N2Cc1ccc(F)cc1. The molecule has 7 nitrogen and oxygen atoms in total. The largest absolute Gasteiger partial charge is 0.336 e. The molecule has 2 fully saturated rings. The van der Waals surface area contributed by atoms with Crippen molar-refractivity contribution in [1.82, 2.24) is 14.8 Å². The zero-order chi connectivity index (χ0) is 26.3. The van der Waals surface area contributed by atoms with Crippen molar-refractivity contribution in [1.29, 1.82) is 0 Å². The van der Waals surface area contributed by atoms with E-state index < -0.39 is 10.0 Å². The average Bonchev–Trinajstić information content (AvgIpc) is 3.14. The molecule has 4 aromatic rings. The van der Waals surface area contributed by atoms with Crippen molar-refractivity contribution in [2.24, 2.45) is 0 Å². The van der Waals surface area contributed by atoms with Crippen molar-refractivity contribution in [3.05, 3.63) is 102 Å². The molecule has 3 aromatic carbocycles. The van der Waals surface area contributed by atoms with E-state index in [1.165, 1.54) is 18.2 Å². The number of nitrogens with zero attached hydrogens (tertiary/aromatic N) is 3. The molecule has 1 aromatic heterocycles. The van der Waals surface area contributed by atoms with Gasteiger partial charge in [-0.15, -0.1) is 0 Å². The molecule has 1 amide bonds. The molecule has 2 unspecified atom stereocenters.